The van der Waals surface area contributed by atoms with Crippen molar-refractivity contribution in [1.29, 1.82) is 0 Å². The van der Waals surface area contributed by atoms with Crippen molar-refractivity contribution in [2.75, 3.05) is 31.1 Å². The van der Waals surface area contributed by atoms with E-state index >= 15 is 0 Å². The van der Waals surface area contributed by atoms with Gasteiger partial charge in [0.05, 0.1) is 22.2 Å². The van der Waals surface area contributed by atoms with Gasteiger partial charge < -0.3 is 9.80 Å². The van der Waals surface area contributed by atoms with Crippen LogP contribution < -0.4 is 4.90 Å². The van der Waals surface area contributed by atoms with Gasteiger partial charge >= 0.3 is 6.18 Å². The molecule has 1 fully saturated rings. The Morgan fingerprint density at radius 2 is 1.40 bits per heavy atom. The van der Waals surface area contributed by atoms with Gasteiger partial charge in [-0.1, -0.05) is 54.6 Å². The largest absolute Gasteiger partial charge is 0.417 e. The van der Waals surface area contributed by atoms with E-state index in [9.17, 15) is 18.0 Å². The molecule has 0 bridgehead atoms. The lowest BCUT2D eigenvalue weighted by atomic mass is 10.1. The number of hydrogen-bond donors (Lipinski definition) is 0. The van der Waals surface area contributed by atoms with Crippen LogP contribution in [0.2, 0.25) is 0 Å². The molecule has 2 heterocycles. The van der Waals surface area contributed by atoms with Gasteiger partial charge in [-0.25, -0.2) is 9.97 Å². The highest BCUT2D eigenvalue weighted by Gasteiger charge is 2.36. The zero-order chi connectivity index (χ0) is 24.4. The van der Waals surface area contributed by atoms with E-state index in [1.165, 1.54) is 23.1 Å². The van der Waals surface area contributed by atoms with Crippen LogP contribution in [-0.2, 0) is 6.18 Å². The lowest BCUT2D eigenvalue weighted by Gasteiger charge is -2.25. The van der Waals surface area contributed by atoms with Gasteiger partial charge in [0.15, 0.2) is 5.82 Å². The molecule has 1 aliphatic rings. The molecular formula is C27H23F3N4O. The highest BCUT2D eigenvalue weighted by atomic mass is 19.4. The van der Waals surface area contributed by atoms with Crippen molar-refractivity contribution >= 4 is 22.8 Å². The smallest absolute Gasteiger partial charge is 0.353 e. The number of halogens is 3. The van der Waals surface area contributed by atoms with Gasteiger partial charge in [-0.15, -0.1) is 0 Å². The summed E-state index contributed by atoms with van der Waals surface area (Å²) in [5.74, 6) is 0.104. The standard InChI is InChI=1S/C27H23F3N4O/c28-27(29,30)21-12-5-4-11-20(21)26(35)34-16-8-15-33(17-18-34)25-24(19-9-2-1-3-10-19)31-22-13-6-7-14-23(22)32-25/h1-7,9-14H,8,15-18H2. The fraction of sp³-hybridized carbons (Fsp3) is 0.222. The molecule has 35 heavy (non-hydrogen) atoms. The number of carbonyl (C=O) groups excluding carboxylic acids is 1. The Labute approximate surface area is 200 Å². The number of anilines is 1. The van der Waals surface area contributed by atoms with Crippen LogP contribution in [0.5, 0.6) is 0 Å². The Morgan fingerprint density at radius 3 is 2.14 bits per heavy atom. The van der Waals surface area contributed by atoms with Crippen molar-refractivity contribution in [3.63, 3.8) is 0 Å². The van der Waals surface area contributed by atoms with E-state index in [4.69, 9.17) is 9.97 Å². The van der Waals surface area contributed by atoms with Crippen molar-refractivity contribution in [2.24, 2.45) is 0 Å². The summed E-state index contributed by atoms with van der Waals surface area (Å²) in [4.78, 5) is 26.5. The first kappa shape index (κ1) is 22.8. The van der Waals surface area contributed by atoms with Crippen LogP contribution in [0.4, 0.5) is 19.0 Å². The van der Waals surface area contributed by atoms with E-state index in [1.54, 1.807) is 0 Å². The van der Waals surface area contributed by atoms with Crippen LogP contribution in [0.15, 0.2) is 78.9 Å². The number of aromatic nitrogens is 2. The van der Waals surface area contributed by atoms with Crippen LogP contribution in [0.25, 0.3) is 22.3 Å². The van der Waals surface area contributed by atoms with Crippen LogP contribution in [-0.4, -0.2) is 47.0 Å². The average molecular weight is 477 g/mol. The van der Waals surface area contributed by atoms with Crippen molar-refractivity contribution in [3.8, 4) is 11.3 Å². The number of amides is 1. The number of para-hydroxylation sites is 2. The third-order valence-electron chi connectivity index (χ3n) is 6.14. The number of carbonyl (C=O) groups is 1. The van der Waals surface area contributed by atoms with Gasteiger partial charge in [0.2, 0.25) is 0 Å². The number of benzene rings is 3. The predicted octanol–water partition coefficient (Wildman–Crippen LogP) is 5.67. The van der Waals surface area contributed by atoms with Gasteiger partial charge in [0, 0.05) is 31.7 Å². The first-order chi connectivity index (χ1) is 16.9. The van der Waals surface area contributed by atoms with Crippen molar-refractivity contribution in [3.05, 3.63) is 90.0 Å². The summed E-state index contributed by atoms with van der Waals surface area (Å²) >= 11 is 0. The molecule has 0 saturated carbocycles. The first-order valence-corrected chi connectivity index (χ1v) is 11.4. The molecule has 0 unspecified atom stereocenters. The lowest BCUT2D eigenvalue weighted by Crippen LogP contribution is -2.36. The van der Waals surface area contributed by atoms with Gasteiger partial charge in [-0.05, 0) is 30.7 Å². The second-order valence-corrected chi connectivity index (χ2v) is 8.43. The molecule has 8 heteroatoms. The summed E-state index contributed by atoms with van der Waals surface area (Å²) in [6.07, 6.45) is -3.99. The predicted molar refractivity (Wildman–Crippen MR) is 129 cm³/mol. The molecule has 4 aromatic rings. The monoisotopic (exact) mass is 476 g/mol. The topological polar surface area (TPSA) is 49.3 Å². The molecule has 178 valence electrons. The van der Waals surface area contributed by atoms with E-state index in [1.807, 2.05) is 54.6 Å². The maximum atomic E-state index is 13.5. The zero-order valence-electron chi connectivity index (χ0n) is 18.9. The van der Waals surface area contributed by atoms with Gasteiger partial charge in [0.25, 0.3) is 5.91 Å². The third-order valence-corrected chi connectivity index (χ3v) is 6.14. The van der Waals surface area contributed by atoms with Crippen molar-refractivity contribution in [1.82, 2.24) is 14.9 Å². The van der Waals surface area contributed by atoms with E-state index in [0.717, 1.165) is 28.4 Å². The van der Waals surface area contributed by atoms with E-state index in [-0.39, 0.29) is 12.1 Å². The van der Waals surface area contributed by atoms with Gasteiger partial charge in [0.1, 0.15) is 5.69 Å². The zero-order valence-corrected chi connectivity index (χ0v) is 18.9. The average Bonchev–Trinajstić information content (AvgIpc) is 3.14. The minimum atomic E-state index is -4.59. The van der Waals surface area contributed by atoms with Crippen molar-refractivity contribution < 1.29 is 18.0 Å². The summed E-state index contributed by atoms with van der Waals surface area (Å²) in [6.45, 7) is 1.70. The van der Waals surface area contributed by atoms with Gasteiger partial charge in [-0.3, -0.25) is 4.79 Å². The molecule has 1 saturated heterocycles. The highest BCUT2D eigenvalue weighted by Crippen LogP contribution is 2.33. The molecule has 0 aliphatic carbocycles. The summed E-state index contributed by atoms with van der Waals surface area (Å²) in [6, 6.07) is 22.4. The minimum Gasteiger partial charge on any atom is -0.353 e. The summed E-state index contributed by atoms with van der Waals surface area (Å²) in [5, 5.41) is 0. The highest BCUT2D eigenvalue weighted by molar-refractivity contribution is 5.96. The maximum Gasteiger partial charge on any atom is 0.417 e. The number of fused-ring (bicyclic) bond motifs is 1. The third kappa shape index (κ3) is 4.69. The SMILES string of the molecule is O=C(c1ccccc1C(F)(F)F)N1CCCN(c2nc3ccccc3nc2-c2ccccc2)CC1. The van der Waals surface area contributed by atoms with Crippen LogP contribution in [0.1, 0.15) is 22.3 Å². The molecular weight excluding hydrogens is 453 g/mol. The maximum absolute atomic E-state index is 13.5. The number of alkyl halides is 3. The molecule has 1 aromatic heterocycles. The number of nitrogens with zero attached hydrogens (tertiary/aromatic N) is 4. The summed E-state index contributed by atoms with van der Waals surface area (Å²) in [5.41, 5.74) is 1.99. The molecule has 1 amide bonds. The Morgan fingerprint density at radius 1 is 0.743 bits per heavy atom. The summed E-state index contributed by atoms with van der Waals surface area (Å²) < 4.78 is 40.4. The normalized spacial score (nSPS) is 14.7. The summed E-state index contributed by atoms with van der Waals surface area (Å²) in [7, 11) is 0. The van der Waals surface area contributed by atoms with Crippen LogP contribution in [0.3, 0.4) is 0 Å². The molecule has 0 radical (unpaired) electrons. The minimum absolute atomic E-state index is 0.285. The molecule has 0 N–H and O–H groups in total. The Bertz CT molecular complexity index is 1360. The van der Waals surface area contributed by atoms with Crippen LogP contribution in [0, 0.1) is 0 Å². The second-order valence-electron chi connectivity index (χ2n) is 8.43. The van der Waals surface area contributed by atoms with E-state index in [0.29, 0.717) is 31.9 Å². The molecule has 5 rings (SSSR count). The quantitative estimate of drug-likeness (QED) is 0.382. The Balaban J connectivity index is 1.45. The Hall–Kier alpha value is -3.94. The molecule has 3 aromatic carbocycles. The van der Waals surface area contributed by atoms with Crippen LogP contribution >= 0.6 is 0 Å². The molecule has 0 atom stereocenters. The van der Waals surface area contributed by atoms with E-state index < -0.39 is 17.6 Å². The molecule has 1 aliphatic heterocycles. The van der Waals surface area contributed by atoms with E-state index in [2.05, 4.69) is 4.90 Å². The van der Waals surface area contributed by atoms with Gasteiger partial charge in [-0.2, -0.15) is 13.2 Å². The lowest BCUT2D eigenvalue weighted by molar-refractivity contribution is -0.138. The Kier molecular flexibility index (Phi) is 6.11. The molecule has 0 spiro atoms. The van der Waals surface area contributed by atoms with Crippen molar-refractivity contribution in [2.45, 2.75) is 12.6 Å². The number of hydrogen-bond acceptors (Lipinski definition) is 4. The fourth-order valence-corrected chi connectivity index (χ4v) is 4.42. The fourth-order valence-electron chi connectivity index (χ4n) is 4.42. The molecule has 5 nitrogen and oxygen atoms in total. The first-order valence-electron chi connectivity index (χ1n) is 11.4. The second kappa shape index (κ2) is 9.37. The number of rotatable bonds is 3.